The Hall–Kier alpha value is -1.05. The van der Waals surface area contributed by atoms with Gasteiger partial charge in [-0.25, -0.2) is 0 Å². The highest BCUT2D eigenvalue weighted by Gasteiger charge is 2.16. The molecule has 1 rings (SSSR count). The minimum atomic E-state index is -0.384. The summed E-state index contributed by atoms with van der Waals surface area (Å²) in [5, 5.41) is 2.85. The third kappa shape index (κ3) is 1.19. The average Bonchev–Trinajstić information content (AvgIpc) is 1.90. The predicted molar refractivity (Wildman–Crippen MR) is 35.6 cm³/mol. The van der Waals surface area contributed by atoms with Crippen LogP contribution in [0, 0.1) is 5.41 Å². The Balaban J connectivity index is 2.78. The molecule has 0 bridgehead atoms. The van der Waals surface area contributed by atoms with Crippen LogP contribution in [-0.2, 0) is 4.79 Å². The Morgan fingerprint density at radius 2 is 2.00 bits per heavy atom. The molecule has 9 heavy (non-hydrogen) atoms. The fourth-order valence-electron chi connectivity index (χ4n) is 0.645. The van der Waals surface area contributed by atoms with E-state index in [9.17, 15) is 4.79 Å². The predicted octanol–water partition coefficient (Wildman–Crippen LogP) is 0.822. The van der Waals surface area contributed by atoms with Gasteiger partial charge in [0.15, 0.2) is 0 Å². The Labute approximate surface area is 54.3 Å². The summed E-state index contributed by atoms with van der Waals surface area (Å²) in [4.78, 5) is 10.4. The van der Waals surface area contributed by atoms with Crippen LogP contribution in [0.2, 0.25) is 0 Å². The first-order chi connectivity index (χ1) is 4.27. The molecular formula is C7H9NO. The molecule has 0 aromatic rings. The van der Waals surface area contributed by atoms with Crippen molar-refractivity contribution < 1.29 is 4.79 Å². The van der Waals surface area contributed by atoms with Crippen LogP contribution in [0.3, 0.4) is 0 Å². The summed E-state index contributed by atoms with van der Waals surface area (Å²) in [6.07, 6.45) is 8.07. The van der Waals surface area contributed by atoms with Crippen LogP contribution in [0.15, 0.2) is 24.6 Å². The summed E-state index contributed by atoms with van der Waals surface area (Å²) in [5.41, 5.74) is -0.384. The Bertz CT molecular complexity index is 158. The fraction of sp³-hybridized carbons (Fsp3) is 0.286. The van der Waals surface area contributed by atoms with Gasteiger partial charge in [-0.3, -0.25) is 0 Å². The van der Waals surface area contributed by atoms with E-state index >= 15 is 0 Å². The lowest BCUT2D eigenvalue weighted by atomic mass is 9.92. The standard InChI is InChI=1S/C7H9NO/c1-7(6-9)2-4-8-5-3-7/h2-6,8H,1H3. The van der Waals surface area contributed by atoms with Gasteiger partial charge in [-0.2, -0.15) is 0 Å². The molecule has 0 spiro atoms. The minimum absolute atomic E-state index is 0.384. The second-order valence-electron chi connectivity index (χ2n) is 2.32. The first kappa shape index (κ1) is 6.08. The summed E-state index contributed by atoms with van der Waals surface area (Å²) < 4.78 is 0. The van der Waals surface area contributed by atoms with E-state index in [0.717, 1.165) is 6.29 Å². The molecule has 2 heteroatoms. The monoisotopic (exact) mass is 123 g/mol. The normalized spacial score (nSPS) is 21.0. The number of nitrogens with one attached hydrogen (secondary N) is 1. The molecular weight excluding hydrogens is 114 g/mol. The second-order valence-corrected chi connectivity index (χ2v) is 2.32. The van der Waals surface area contributed by atoms with Gasteiger partial charge < -0.3 is 10.1 Å². The van der Waals surface area contributed by atoms with E-state index in [1.165, 1.54) is 0 Å². The lowest BCUT2D eigenvalue weighted by Gasteiger charge is -2.15. The third-order valence-electron chi connectivity index (χ3n) is 1.33. The van der Waals surface area contributed by atoms with Crippen LogP contribution < -0.4 is 5.32 Å². The Kier molecular flexibility index (Phi) is 1.39. The van der Waals surface area contributed by atoms with Gasteiger partial charge in [0.05, 0.1) is 5.41 Å². The molecule has 1 aliphatic heterocycles. The smallest absolute Gasteiger partial charge is 0.133 e. The van der Waals surface area contributed by atoms with Gasteiger partial charge >= 0.3 is 0 Å². The maximum atomic E-state index is 10.4. The lowest BCUT2D eigenvalue weighted by Crippen LogP contribution is -2.16. The molecule has 0 aliphatic carbocycles. The van der Waals surface area contributed by atoms with Crippen molar-refractivity contribution >= 4 is 6.29 Å². The molecule has 1 aliphatic rings. The zero-order chi connectivity index (χ0) is 6.74. The van der Waals surface area contributed by atoms with Gasteiger partial charge in [0.2, 0.25) is 0 Å². The molecule has 0 amide bonds. The van der Waals surface area contributed by atoms with Gasteiger partial charge in [-0.1, -0.05) is 12.2 Å². The molecule has 1 heterocycles. The topological polar surface area (TPSA) is 29.1 Å². The van der Waals surface area contributed by atoms with Gasteiger partial charge in [-0.15, -0.1) is 0 Å². The number of carbonyl (C=O) groups excluding carboxylic acids is 1. The summed E-state index contributed by atoms with van der Waals surface area (Å²) in [6, 6.07) is 0. The number of allylic oxidation sites excluding steroid dienone is 2. The fourth-order valence-corrected chi connectivity index (χ4v) is 0.645. The molecule has 0 aromatic heterocycles. The summed E-state index contributed by atoms with van der Waals surface area (Å²) in [7, 11) is 0. The molecule has 0 unspecified atom stereocenters. The maximum Gasteiger partial charge on any atom is 0.133 e. The highest BCUT2D eigenvalue weighted by Crippen LogP contribution is 2.17. The van der Waals surface area contributed by atoms with Gasteiger partial charge in [0, 0.05) is 0 Å². The van der Waals surface area contributed by atoms with E-state index in [1.807, 2.05) is 19.1 Å². The highest BCUT2D eigenvalue weighted by molar-refractivity contribution is 5.65. The van der Waals surface area contributed by atoms with Crippen molar-refractivity contribution in [2.24, 2.45) is 5.41 Å². The summed E-state index contributed by atoms with van der Waals surface area (Å²) in [6.45, 7) is 1.86. The quantitative estimate of drug-likeness (QED) is 0.523. The van der Waals surface area contributed by atoms with Crippen molar-refractivity contribution in [2.45, 2.75) is 6.92 Å². The van der Waals surface area contributed by atoms with E-state index in [0.29, 0.717) is 0 Å². The number of hydrogen-bond acceptors (Lipinski definition) is 2. The number of dihydropyridines is 1. The first-order valence-corrected chi connectivity index (χ1v) is 2.85. The molecule has 2 nitrogen and oxygen atoms in total. The Morgan fingerprint density at radius 1 is 1.44 bits per heavy atom. The minimum Gasteiger partial charge on any atom is -0.368 e. The summed E-state index contributed by atoms with van der Waals surface area (Å²) >= 11 is 0. The molecule has 1 N–H and O–H groups in total. The van der Waals surface area contributed by atoms with E-state index < -0.39 is 0 Å². The van der Waals surface area contributed by atoms with Crippen LogP contribution in [0.4, 0.5) is 0 Å². The number of hydrogen-bond donors (Lipinski definition) is 1. The zero-order valence-electron chi connectivity index (χ0n) is 5.29. The molecule has 0 saturated carbocycles. The van der Waals surface area contributed by atoms with Crippen molar-refractivity contribution in [2.75, 3.05) is 0 Å². The van der Waals surface area contributed by atoms with E-state index in [1.54, 1.807) is 12.4 Å². The number of carbonyl (C=O) groups is 1. The van der Waals surface area contributed by atoms with Crippen LogP contribution in [0.1, 0.15) is 6.92 Å². The van der Waals surface area contributed by atoms with Crippen molar-refractivity contribution in [3.05, 3.63) is 24.6 Å². The second kappa shape index (κ2) is 2.05. The first-order valence-electron chi connectivity index (χ1n) is 2.85. The largest absolute Gasteiger partial charge is 0.368 e. The van der Waals surface area contributed by atoms with Crippen molar-refractivity contribution in [1.29, 1.82) is 0 Å². The number of rotatable bonds is 1. The summed E-state index contributed by atoms with van der Waals surface area (Å²) in [5.74, 6) is 0. The van der Waals surface area contributed by atoms with Gasteiger partial charge in [-0.05, 0) is 19.3 Å². The van der Waals surface area contributed by atoms with Crippen molar-refractivity contribution in [3.8, 4) is 0 Å². The van der Waals surface area contributed by atoms with Crippen LogP contribution >= 0.6 is 0 Å². The number of aldehydes is 1. The lowest BCUT2D eigenvalue weighted by molar-refractivity contribution is -0.111. The molecule has 0 radical (unpaired) electrons. The van der Waals surface area contributed by atoms with E-state index in [4.69, 9.17) is 0 Å². The van der Waals surface area contributed by atoms with E-state index in [2.05, 4.69) is 5.32 Å². The van der Waals surface area contributed by atoms with Gasteiger partial charge in [0.1, 0.15) is 6.29 Å². The van der Waals surface area contributed by atoms with Crippen LogP contribution in [-0.4, -0.2) is 6.29 Å². The van der Waals surface area contributed by atoms with Crippen LogP contribution in [0.25, 0.3) is 0 Å². The molecule has 0 saturated heterocycles. The molecule has 0 aromatic carbocycles. The maximum absolute atomic E-state index is 10.4. The molecule has 0 atom stereocenters. The SMILES string of the molecule is CC1(C=O)C=CNC=C1. The van der Waals surface area contributed by atoms with Crippen molar-refractivity contribution in [3.63, 3.8) is 0 Å². The zero-order valence-corrected chi connectivity index (χ0v) is 5.29. The van der Waals surface area contributed by atoms with E-state index in [-0.39, 0.29) is 5.41 Å². The van der Waals surface area contributed by atoms with Crippen LogP contribution in [0.5, 0.6) is 0 Å². The third-order valence-corrected chi connectivity index (χ3v) is 1.33. The van der Waals surface area contributed by atoms with Gasteiger partial charge in [0.25, 0.3) is 0 Å². The Morgan fingerprint density at radius 3 is 2.33 bits per heavy atom. The van der Waals surface area contributed by atoms with Crippen molar-refractivity contribution in [1.82, 2.24) is 5.32 Å². The highest BCUT2D eigenvalue weighted by atomic mass is 16.1. The molecule has 48 valence electrons. The molecule has 0 fully saturated rings. The average molecular weight is 123 g/mol.